The molecule has 1 fully saturated rings. The fourth-order valence-electron chi connectivity index (χ4n) is 2.08. The van der Waals surface area contributed by atoms with Crippen molar-refractivity contribution in [3.8, 4) is 0 Å². The van der Waals surface area contributed by atoms with Gasteiger partial charge in [-0.25, -0.2) is 4.98 Å². The van der Waals surface area contributed by atoms with Crippen molar-refractivity contribution in [2.45, 2.75) is 32.2 Å². The molecule has 0 bridgehead atoms. The van der Waals surface area contributed by atoms with E-state index in [-0.39, 0.29) is 0 Å². The molecule has 2 heterocycles. The molecule has 5 heteroatoms. The molecule has 0 radical (unpaired) electrons. The molecule has 5 nitrogen and oxygen atoms in total. The first-order chi connectivity index (χ1) is 9.85. The van der Waals surface area contributed by atoms with E-state index in [0.29, 0.717) is 11.9 Å². The third-order valence-corrected chi connectivity index (χ3v) is 3.27. The van der Waals surface area contributed by atoms with Crippen LogP contribution >= 0.6 is 0 Å². The summed E-state index contributed by atoms with van der Waals surface area (Å²) in [6, 6.07) is 6.06. The Morgan fingerprint density at radius 3 is 2.85 bits per heavy atom. The first kappa shape index (κ1) is 12.8. The molecule has 0 amide bonds. The first-order valence-corrected chi connectivity index (χ1v) is 7.11. The summed E-state index contributed by atoms with van der Waals surface area (Å²) < 4.78 is 0. The van der Waals surface area contributed by atoms with Gasteiger partial charge in [-0.1, -0.05) is 6.07 Å². The highest BCUT2D eigenvalue weighted by Crippen LogP contribution is 2.39. The van der Waals surface area contributed by atoms with Gasteiger partial charge in [-0.2, -0.15) is 4.98 Å². The smallest absolute Gasteiger partial charge is 0.224 e. The minimum atomic E-state index is 0.620. The zero-order chi connectivity index (χ0) is 13.8. The first-order valence-electron chi connectivity index (χ1n) is 7.11. The van der Waals surface area contributed by atoms with Crippen molar-refractivity contribution >= 4 is 11.8 Å². The molecule has 3 rings (SSSR count). The second kappa shape index (κ2) is 5.86. The maximum absolute atomic E-state index is 4.57. The van der Waals surface area contributed by atoms with E-state index in [2.05, 4.69) is 38.6 Å². The molecule has 0 spiro atoms. The van der Waals surface area contributed by atoms with Crippen LogP contribution in [0, 0.1) is 0 Å². The van der Waals surface area contributed by atoms with E-state index in [0.717, 1.165) is 30.2 Å². The standard InChI is InChI=1S/C15H19N5/c1-2-17-15-19-13(12-5-6-12)8-14(20-15)18-10-11-4-3-7-16-9-11/h3-4,7-9,12H,2,5-6,10H2,1H3,(H2,17,18,19,20). The molecule has 0 aromatic carbocycles. The molecule has 2 aromatic rings. The van der Waals surface area contributed by atoms with Crippen molar-refractivity contribution in [2.75, 3.05) is 17.2 Å². The number of hydrogen-bond acceptors (Lipinski definition) is 5. The van der Waals surface area contributed by atoms with Crippen molar-refractivity contribution in [2.24, 2.45) is 0 Å². The SMILES string of the molecule is CCNc1nc(NCc2cccnc2)cc(C2CC2)n1. The predicted molar refractivity (Wildman–Crippen MR) is 79.7 cm³/mol. The van der Waals surface area contributed by atoms with Crippen molar-refractivity contribution in [3.63, 3.8) is 0 Å². The molecule has 0 saturated heterocycles. The number of rotatable bonds is 6. The third kappa shape index (κ3) is 3.23. The fraction of sp³-hybridized carbons (Fsp3) is 0.400. The Balaban J connectivity index is 1.74. The molecule has 0 aliphatic heterocycles. The van der Waals surface area contributed by atoms with Crippen LogP contribution in [0.4, 0.5) is 11.8 Å². The lowest BCUT2D eigenvalue weighted by molar-refractivity contribution is 0.966. The number of hydrogen-bond donors (Lipinski definition) is 2. The maximum atomic E-state index is 4.57. The Kier molecular flexibility index (Phi) is 3.76. The van der Waals surface area contributed by atoms with Gasteiger partial charge >= 0.3 is 0 Å². The molecule has 2 N–H and O–H groups in total. The predicted octanol–water partition coefficient (Wildman–Crippen LogP) is 2.79. The number of anilines is 2. The molecular formula is C15H19N5. The molecule has 1 aliphatic carbocycles. The summed E-state index contributed by atoms with van der Waals surface area (Å²) in [5, 5.41) is 6.55. The zero-order valence-electron chi connectivity index (χ0n) is 11.6. The minimum absolute atomic E-state index is 0.620. The van der Waals surface area contributed by atoms with Gasteiger partial charge in [-0.3, -0.25) is 4.98 Å². The van der Waals surface area contributed by atoms with Crippen LogP contribution < -0.4 is 10.6 Å². The van der Waals surface area contributed by atoms with Crippen LogP contribution in [0.2, 0.25) is 0 Å². The molecule has 1 saturated carbocycles. The van der Waals surface area contributed by atoms with E-state index in [1.54, 1.807) is 6.20 Å². The monoisotopic (exact) mass is 269 g/mol. The van der Waals surface area contributed by atoms with E-state index in [4.69, 9.17) is 0 Å². The Labute approximate surface area is 118 Å². The van der Waals surface area contributed by atoms with Crippen molar-refractivity contribution in [3.05, 3.63) is 41.9 Å². The molecule has 1 aliphatic rings. The van der Waals surface area contributed by atoms with Crippen LogP contribution in [0.1, 0.15) is 36.9 Å². The average molecular weight is 269 g/mol. The number of nitrogens with one attached hydrogen (secondary N) is 2. The summed E-state index contributed by atoms with van der Waals surface area (Å²) in [6.45, 7) is 3.60. The minimum Gasteiger partial charge on any atom is -0.366 e. The van der Waals surface area contributed by atoms with Crippen LogP contribution in [0.25, 0.3) is 0 Å². The Hall–Kier alpha value is -2.17. The quantitative estimate of drug-likeness (QED) is 0.844. The largest absolute Gasteiger partial charge is 0.366 e. The van der Waals surface area contributed by atoms with Crippen molar-refractivity contribution in [1.82, 2.24) is 15.0 Å². The van der Waals surface area contributed by atoms with Gasteiger partial charge in [0.15, 0.2) is 0 Å². The second-order valence-corrected chi connectivity index (χ2v) is 5.02. The fourth-order valence-corrected chi connectivity index (χ4v) is 2.08. The van der Waals surface area contributed by atoms with Crippen LogP contribution in [0.5, 0.6) is 0 Å². The second-order valence-electron chi connectivity index (χ2n) is 5.02. The summed E-state index contributed by atoms with van der Waals surface area (Å²) in [6.07, 6.45) is 6.12. The van der Waals surface area contributed by atoms with Gasteiger partial charge in [0.1, 0.15) is 5.82 Å². The number of aromatic nitrogens is 3. The van der Waals surface area contributed by atoms with Crippen LogP contribution in [-0.2, 0) is 6.54 Å². The van der Waals surface area contributed by atoms with Crippen molar-refractivity contribution < 1.29 is 0 Å². The average Bonchev–Trinajstić information content (AvgIpc) is 3.31. The third-order valence-electron chi connectivity index (χ3n) is 3.27. The number of pyridine rings is 1. The summed E-state index contributed by atoms with van der Waals surface area (Å²) in [4.78, 5) is 13.2. The van der Waals surface area contributed by atoms with Gasteiger partial charge in [0.25, 0.3) is 0 Å². The van der Waals surface area contributed by atoms with E-state index < -0.39 is 0 Å². The Bertz CT molecular complexity index is 566. The Morgan fingerprint density at radius 1 is 1.25 bits per heavy atom. The molecule has 2 aromatic heterocycles. The van der Waals surface area contributed by atoms with E-state index in [1.165, 1.54) is 12.8 Å². The van der Waals surface area contributed by atoms with E-state index in [1.807, 2.05) is 18.3 Å². The summed E-state index contributed by atoms with van der Waals surface area (Å²) in [7, 11) is 0. The maximum Gasteiger partial charge on any atom is 0.224 e. The lowest BCUT2D eigenvalue weighted by Gasteiger charge is -2.10. The Morgan fingerprint density at radius 2 is 2.15 bits per heavy atom. The van der Waals surface area contributed by atoms with Gasteiger partial charge < -0.3 is 10.6 Å². The molecular weight excluding hydrogens is 250 g/mol. The van der Waals surface area contributed by atoms with Crippen LogP contribution in [0.3, 0.4) is 0 Å². The molecule has 104 valence electrons. The van der Waals surface area contributed by atoms with E-state index in [9.17, 15) is 0 Å². The molecule has 0 atom stereocenters. The normalized spacial score (nSPS) is 14.1. The summed E-state index contributed by atoms with van der Waals surface area (Å²) in [5.41, 5.74) is 2.29. The topological polar surface area (TPSA) is 62.7 Å². The lowest BCUT2D eigenvalue weighted by Crippen LogP contribution is -2.08. The van der Waals surface area contributed by atoms with Gasteiger partial charge in [-0.15, -0.1) is 0 Å². The molecule has 0 unspecified atom stereocenters. The van der Waals surface area contributed by atoms with Crippen LogP contribution in [0.15, 0.2) is 30.6 Å². The molecule has 20 heavy (non-hydrogen) atoms. The number of nitrogens with zero attached hydrogens (tertiary/aromatic N) is 3. The van der Waals surface area contributed by atoms with E-state index >= 15 is 0 Å². The van der Waals surface area contributed by atoms with Gasteiger partial charge in [0, 0.05) is 37.5 Å². The summed E-state index contributed by atoms with van der Waals surface area (Å²) >= 11 is 0. The van der Waals surface area contributed by atoms with Gasteiger partial charge in [0.2, 0.25) is 5.95 Å². The zero-order valence-corrected chi connectivity index (χ0v) is 11.6. The highest BCUT2D eigenvalue weighted by molar-refractivity contribution is 5.44. The van der Waals surface area contributed by atoms with Crippen molar-refractivity contribution in [1.29, 1.82) is 0 Å². The highest BCUT2D eigenvalue weighted by Gasteiger charge is 2.26. The van der Waals surface area contributed by atoms with Gasteiger partial charge in [0.05, 0.1) is 5.69 Å². The van der Waals surface area contributed by atoms with Gasteiger partial charge in [-0.05, 0) is 31.4 Å². The lowest BCUT2D eigenvalue weighted by atomic mass is 10.2. The van der Waals surface area contributed by atoms with Crippen LogP contribution in [-0.4, -0.2) is 21.5 Å². The summed E-state index contributed by atoms with van der Waals surface area (Å²) in [5.74, 6) is 2.21. The highest BCUT2D eigenvalue weighted by atomic mass is 15.1.